The van der Waals surface area contributed by atoms with E-state index < -0.39 is 21.8 Å². The summed E-state index contributed by atoms with van der Waals surface area (Å²) in [5, 5.41) is 3.22. The summed E-state index contributed by atoms with van der Waals surface area (Å²) in [6.45, 7) is 0. The second kappa shape index (κ2) is 13.1. The van der Waals surface area contributed by atoms with Gasteiger partial charge in [0.1, 0.15) is 5.75 Å². The molecule has 0 radical (unpaired) electrons. The largest absolute Gasteiger partial charge is 0.493 e. The quantitative estimate of drug-likeness (QED) is 0.179. The minimum Gasteiger partial charge on any atom is -0.493 e. The fourth-order valence-corrected chi connectivity index (χ4v) is 6.62. The molecule has 1 unspecified atom stereocenters. The molecule has 0 fully saturated rings. The lowest BCUT2D eigenvalue weighted by Gasteiger charge is -2.19. The zero-order valence-corrected chi connectivity index (χ0v) is 25.3. The fraction of sp³-hybridized carbons (Fsp3) is 0.156. The van der Waals surface area contributed by atoms with Crippen LogP contribution in [0.2, 0.25) is 0 Å². The molecule has 1 atom stereocenters. The van der Waals surface area contributed by atoms with E-state index in [9.17, 15) is 13.2 Å². The monoisotopic (exact) mass is 615 g/mol. The predicted molar refractivity (Wildman–Crippen MR) is 168 cm³/mol. The third-order valence-electron chi connectivity index (χ3n) is 6.52. The number of methoxy groups -OCH3 is 2. The van der Waals surface area contributed by atoms with Crippen molar-refractivity contribution in [2.24, 2.45) is 4.99 Å². The molecule has 11 heteroatoms. The molecular formula is C32H29N3O6S2. The van der Waals surface area contributed by atoms with Crippen LogP contribution in [0, 0.1) is 0 Å². The Morgan fingerprint density at radius 3 is 2.28 bits per heavy atom. The fourth-order valence-electron chi connectivity index (χ4n) is 4.40. The smallest absolute Gasteiger partial charge is 0.271 e. The maximum absolute atomic E-state index is 13.7. The number of hydrogen-bond acceptors (Lipinski definition) is 9. The molecule has 5 aromatic rings. The number of ether oxygens (including phenoxy) is 3. The van der Waals surface area contributed by atoms with Crippen LogP contribution in [-0.4, -0.2) is 46.8 Å². The van der Waals surface area contributed by atoms with Gasteiger partial charge in [0.25, 0.3) is 5.91 Å². The molecule has 0 aliphatic heterocycles. The molecule has 0 saturated carbocycles. The van der Waals surface area contributed by atoms with Gasteiger partial charge in [-0.1, -0.05) is 53.8 Å². The van der Waals surface area contributed by atoms with Crippen molar-refractivity contribution in [3.05, 3.63) is 108 Å². The van der Waals surface area contributed by atoms with Gasteiger partial charge in [-0.3, -0.25) is 15.1 Å². The van der Waals surface area contributed by atoms with Crippen LogP contribution in [0.5, 0.6) is 17.2 Å². The summed E-state index contributed by atoms with van der Waals surface area (Å²) in [6.07, 6.45) is 0.604. The van der Waals surface area contributed by atoms with Crippen molar-refractivity contribution in [2.75, 3.05) is 26.6 Å². The lowest BCUT2D eigenvalue weighted by atomic mass is 10.1. The van der Waals surface area contributed by atoms with Crippen LogP contribution in [0.1, 0.15) is 22.8 Å². The first-order valence-corrected chi connectivity index (χ1v) is 15.7. The Labute approximate surface area is 253 Å². The van der Waals surface area contributed by atoms with Crippen LogP contribution in [0.3, 0.4) is 0 Å². The second-order valence-corrected chi connectivity index (χ2v) is 12.5. The summed E-state index contributed by atoms with van der Waals surface area (Å²) >= 11 is 1.28. The van der Waals surface area contributed by atoms with Crippen molar-refractivity contribution in [3.8, 4) is 17.2 Å². The van der Waals surface area contributed by atoms with Crippen LogP contribution in [0.4, 0.5) is 5.13 Å². The summed E-state index contributed by atoms with van der Waals surface area (Å²) in [6, 6.07) is 25.8. The third kappa shape index (κ3) is 7.02. The number of anilines is 1. The van der Waals surface area contributed by atoms with Crippen molar-refractivity contribution < 1.29 is 27.4 Å². The van der Waals surface area contributed by atoms with Gasteiger partial charge in [-0.2, -0.15) is 0 Å². The van der Waals surface area contributed by atoms with Crippen LogP contribution < -0.4 is 19.5 Å². The Morgan fingerprint density at radius 1 is 0.953 bits per heavy atom. The van der Waals surface area contributed by atoms with E-state index >= 15 is 0 Å². The van der Waals surface area contributed by atoms with Gasteiger partial charge >= 0.3 is 0 Å². The Morgan fingerprint density at radius 2 is 1.63 bits per heavy atom. The average Bonchev–Trinajstić information content (AvgIpc) is 3.41. The highest BCUT2D eigenvalue weighted by molar-refractivity contribution is 7.90. The number of sulfone groups is 1. The highest BCUT2D eigenvalue weighted by Gasteiger charge is 2.26. The zero-order chi connectivity index (χ0) is 30.4. The minimum atomic E-state index is -3.60. The standard InChI is InChI=1S/C32H29N3O6S2/c1-33-19-21-9-13-24(14-10-21)41-30(23-11-15-25(16-12-23)43(37,38)20-22-7-5-4-6-8-22)31(36)35-32-34-26-17-27(39-2)28(40-3)18-29(26)42-32/h4-19,30H,20H2,1-3H3,(H,34,35,36). The number of benzene rings is 4. The summed E-state index contributed by atoms with van der Waals surface area (Å²) in [4.78, 5) is 22.4. The molecule has 0 bridgehead atoms. The van der Waals surface area contributed by atoms with Crippen LogP contribution >= 0.6 is 11.3 Å². The number of thiazole rings is 1. The highest BCUT2D eigenvalue weighted by Crippen LogP contribution is 2.36. The number of aromatic nitrogens is 1. The number of amides is 1. The molecule has 0 spiro atoms. The molecule has 9 nitrogen and oxygen atoms in total. The number of aliphatic imine (C=N–C) groups is 1. The normalized spacial score (nSPS) is 12.3. The van der Waals surface area contributed by atoms with Gasteiger partial charge < -0.3 is 14.2 Å². The van der Waals surface area contributed by atoms with Crippen molar-refractivity contribution >= 4 is 48.6 Å². The average molecular weight is 616 g/mol. The molecular weight excluding hydrogens is 587 g/mol. The Bertz CT molecular complexity index is 1810. The summed E-state index contributed by atoms with van der Waals surface area (Å²) in [7, 11) is 1.17. The van der Waals surface area contributed by atoms with E-state index in [0.717, 1.165) is 10.3 Å². The lowest BCUT2D eigenvalue weighted by Crippen LogP contribution is -2.25. The van der Waals surface area contributed by atoms with Crippen molar-refractivity contribution in [1.82, 2.24) is 4.98 Å². The number of nitrogens with zero attached hydrogens (tertiary/aromatic N) is 2. The van der Waals surface area contributed by atoms with Gasteiger partial charge in [0.2, 0.25) is 6.10 Å². The molecule has 4 aromatic carbocycles. The topological polar surface area (TPSA) is 116 Å². The van der Waals surface area contributed by atoms with E-state index in [0.29, 0.717) is 39.0 Å². The summed E-state index contributed by atoms with van der Waals surface area (Å²) < 4.78 is 43.8. The maximum Gasteiger partial charge on any atom is 0.271 e. The van der Waals surface area contributed by atoms with Crippen molar-refractivity contribution in [3.63, 3.8) is 0 Å². The van der Waals surface area contributed by atoms with Crippen LogP contribution in [0.15, 0.2) is 101 Å². The SMILES string of the molecule is CN=Cc1ccc(OC(C(=O)Nc2nc3cc(OC)c(OC)cc3s2)c2ccc(S(=O)(=O)Cc3ccccc3)cc2)cc1. The van der Waals surface area contributed by atoms with Gasteiger partial charge in [0, 0.05) is 31.0 Å². The van der Waals surface area contributed by atoms with Gasteiger partial charge in [0.05, 0.1) is 35.1 Å². The van der Waals surface area contributed by atoms with Crippen LogP contribution in [-0.2, 0) is 20.4 Å². The lowest BCUT2D eigenvalue weighted by molar-refractivity contribution is -0.123. The van der Waals surface area contributed by atoms with Crippen LogP contribution in [0.25, 0.3) is 10.2 Å². The van der Waals surface area contributed by atoms with Crippen molar-refractivity contribution in [2.45, 2.75) is 16.8 Å². The van der Waals surface area contributed by atoms with E-state index in [1.807, 2.05) is 18.2 Å². The van der Waals surface area contributed by atoms with E-state index in [1.54, 1.807) is 88.1 Å². The molecule has 1 amide bonds. The zero-order valence-electron chi connectivity index (χ0n) is 23.7. The van der Waals surface area contributed by atoms with E-state index in [4.69, 9.17) is 14.2 Å². The first kappa shape index (κ1) is 29.7. The number of fused-ring (bicyclic) bond motifs is 1. The summed E-state index contributed by atoms with van der Waals surface area (Å²) in [5.74, 6) is 0.925. The van der Waals surface area contributed by atoms with E-state index in [1.165, 1.54) is 23.5 Å². The van der Waals surface area contributed by atoms with Gasteiger partial charge in [-0.15, -0.1) is 0 Å². The molecule has 1 aromatic heterocycles. The number of rotatable bonds is 11. The molecule has 1 heterocycles. The molecule has 5 rings (SSSR count). The second-order valence-electron chi connectivity index (χ2n) is 9.45. The number of hydrogen-bond donors (Lipinski definition) is 1. The van der Waals surface area contributed by atoms with Gasteiger partial charge in [-0.05, 0) is 47.5 Å². The Balaban J connectivity index is 1.43. The number of carbonyl (C=O) groups is 1. The molecule has 0 aliphatic rings. The summed E-state index contributed by atoms with van der Waals surface area (Å²) in [5.41, 5.74) is 2.68. The molecule has 220 valence electrons. The number of carbonyl (C=O) groups excluding carboxylic acids is 1. The predicted octanol–water partition coefficient (Wildman–Crippen LogP) is 6.09. The molecule has 43 heavy (non-hydrogen) atoms. The third-order valence-corrected chi connectivity index (χ3v) is 9.15. The number of nitrogens with one attached hydrogen (secondary N) is 1. The van der Waals surface area contributed by atoms with Gasteiger partial charge in [0.15, 0.2) is 26.5 Å². The highest BCUT2D eigenvalue weighted by atomic mass is 32.2. The minimum absolute atomic E-state index is 0.131. The first-order chi connectivity index (χ1) is 20.8. The molecule has 0 aliphatic carbocycles. The van der Waals surface area contributed by atoms with E-state index in [-0.39, 0.29) is 10.6 Å². The van der Waals surface area contributed by atoms with E-state index in [2.05, 4.69) is 15.3 Å². The maximum atomic E-state index is 13.7. The first-order valence-electron chi connectivity index (χ1n) is 13.2. The molecule has 1 N–H and O–H groups in total. The Kier molecular flexibility index (Phi) is 9.03. The Hall–Kier alpha value is -4.74. The van der Waals surface area contributed by atoms with Crippen molar-refractivity contribution in [1.29, 1.82) is 0 Å². The van der Waals surface area contributed by atoms with Gasteiger partial charge in [-0.25, -0.2) is 13.4 Å². The molecule has 0 saturated heterocycles.